The summed E-state index contributed by atoms with van der Waals surface area (Å²) in [5.74, 6) is -0.382. The Labute approximate surface area is 166 Å². The molecule has 0 bridgehead atoms. The normalized spacial score (nSPS) is 12.3. The van der Waals surface area contributed by atoms with Crippen LogP contribution >= 0.6 is 11.6 Å². The molecule has 3 aromatic rings. The Balaban J connectivity index is 1.76. The van der Waals surface area contributed by atoms with Crippen molar-refractivity contribution in [2.45, 2.75) is 12.6 Å². The van der Waals surface area contributed by atoms with Gasteiger partial charge in [-0.2, -0.15) is 0 Å². The molecule has 1 amide bonds. The van der Waals surface area contributed by atoms with E-state index in [0.29, 0.717) is 17.0 Å². The Bertz CT molecular complexity index is 1120. The molecule has 28 heavy (non-hydrogen) atoms. The van der Waals surface area contributed by atoms with E-state index in [-0.39, 0.29) is 23.9 Å². The van der Waals surface area contributed by atoms with Gasteiger partial charge in [-0.15, -0.1) is 0 Å². The van der Waals surface area contributed by atoms with Crippen LogP contribution in [0.5, 0.6) is 0 Å². The topological polar surface area (TPSA) is 87.2 Å². The highest BCUT2D eigenvalue weighted by atomic mass is 35.5. The monoisotopic (exact) mass is 400 g/mol. The average Bonchev–Trinajstić information content (AvgIpc) is 2.67. The number of H-pyrrole nitrogens is 1. The predicted octanol–water partition coefficient (Wildman–Crippen LogP) is 1.76. The van der Waals surface area contributed by atoms with Gasteiger partial charge in [0.2, 0.25) is 5.91 Å². The zero-order valence-electron chi connectivity index (χ0n) is 15.6. The van der Waals surface area contributed by atoms with Crippen molar-refractivity contribution in [3.63, 3.8) is 0 Å². The number of halogens is 1. The van der Waals surface area contributed by atoms with Gasteiger partial charge < -0.3 is 10.2 Å². The fourth-order valence-corrected chi connectivity index (χ4v) is 3.35. The molecule has 0 unspecified atom stereocenters. The average molecular weight is 401 g/mol. The fourth-order valence-electron chi connectivity index (χ4n) is 3.08. The molecule has 0 saturated heterocycles. The number of nitrogens with zero attached hydrogens (tertiary/aromatic N) is 2. The fraction of sp³-hybridized carbons (Fsp3) is 0.250. The van der Waals surface area contributed by atoms with Crippen molar-refractivity contribution in [1.82, 2.24) is 20.0 Å². The number of fused-ring (bicyclic) bond motifs is 1. The Morgan fingerprint density at radius 3 is 2.43 bits per heavy atom. The summed E-state index contributed by atoms with van der Waals surface area (Å²) < 4.78 is 1.03. The summed E-state index contributed by atoms with van der Waals surface area (Å²) >= 11 is 6.28. The van der Waals surface area contributed by atoms with E-state index in [1.807, 2.05) is 37.2 Å². The predicted molar refractivity (Wildman–Crippen MR) is 110 cm³/mol. The lowest BCUT2D eigenvalue weighted by Crippen LogP contribution is -2.39. The molecular weight excluding hydrogens is 380 g/mol. The minimum atomic E-state index is -0.416. The van der Waals surface area contributed by atoms with Crippen molar-refractivity contribution in [2.75, 3.05) is 20.6 Å². The lowest BCUT2D eigenvalue weighted by molar-refractivity contribution is -0.122. The number of aromatic amines is 1. The van der Waals surface area contributed by atoms with Crippen molar-refractivity contribution in [2.24, 2.45) is 0 Å². The first kappa shape index (κ1) is 19.9. The number of nitrogens with one attached hydrogen (secondary N) is 2. The lowest BCUT2D eigenvalue weighted by Gasteiger charge is -2.26. The second-order valence-electron chi connectivity index (χ2n) is 6.68. The summed E-state index contributed by atoms with van der Waals surface area (Å²) in [5.41, 5.74) is 0.0663. The molecule has 0 aliphatic rings. The van der Waals surface area contributed by atoms with Crippen molar-refractivity contribution >= 4 is 28.3 Å². The van der Waals surface area contributed by atoms with Crippen LogP contribution in [0.2, 0.25) is 5.02 Å². The number of aromatic nitrogens is 2. The van der Waals surface area contributed by atoms with Gasteiger partial charge in [0.05, 0.1) is 16.8 Å². The van der Waals surface area contributed by atoms with E-state index in [1.165, 1.54) is 0 Å². The lowest BCUT2D eigenvalue weighted by atomic mass is 10.1. The van der Waals surface area contributed by atoms with Gasteiger partial charge in [0.15, 0.2) is 0 Å². The highest BCUT2D eigenvalue weighted by molar-refractivity contribution is 6.31. The summed E-state index contributed by atoms with van der Waals surface area (Å²) in [4.78, 5) is 39.0. The quantitative estimate of drug-likeness (QED) is 0.660. The van der Waals surface area contributed by atoms with Crippen molar-refractivity contribution < 1.29 is 4.79 Å². The number of likely N-dealkylation sites (N-methyl/N-ethyl adjacent to an activating group) is 1. The molecule has 1 atom stereocenters. The Hall–Kier alpha value is -2.90. The zero-order valence-corrected chi connectivity index (χ0v) is 16.4. The van der Waals surface area contributed by atoms with Gasteiger partial charge in [-0.1, -0.05) is 41.9 Å². The Morgan fingerprint density at radius 1 is 1.11 bits per heavy atom. The van der Waals surface area contributed by atoms with Gasteiger partial charge >= 0.3 is 0 Å². The first-order valence-electron chi connectivity index (χ1n) is 8.78. The van der Waals surface area contributed by atoms with Crippen LogP contribution in [0, 0.1) is 0 Å². The van der Waals surface area contributed by atoms with Gasteiger partial charge in [-0.05, 0) is 37.9 Å². The van der Waals surface area contributed by atoms with Gasteiger partial charge in [0.25, 0.3) is 11.1 Å². The minimum Gasteiger partial charge on any atom is -0.353 e. The molecule has 1 aromatic heterocycles. The first-order valence-corrected chi connectivity index (χ1v) is 9.15. The van der Waals surface area contributed by atoms with Crippen LogP contribution < -0.4 is 16.4 Å². The van der Waals surface area contributed by atoms with Crippen molar-refractivity contribution in [3.05, 3.63) is 79.8 Å². The molecule has 8 heteroatoms. The highest BCUT2D eigenvalue weighted by Crippen LogP contribution is 2.25. The SMILES string of the molecule is CN(C)[C@H](CNC(=O)Cn1[nH]c(=O)c2ccccc2c1=O)c1ccccc1Cl. The van der Waals surface area contributed by atoms with Crippen molar-refractivity contribution in [3.8, 4) is 0 Å². The van der Waals surface area contributed by atoms with Gasteiger partial charge in [-0.25, -0.2) is 4.68 Å². The zero-order chi connectivity index (χ0) is 20.3. The summed E-state index contributed by atoms with van der Waals surface area (Å²) in [5, 5.41) is 6.47. The van der Waals surface area contributed by atoms with E-state index >= 15 is 0 Å². The van der Waals surface area contributed by atoms with Gasteiger partial charge in [0, 0.05) is 11.6 Å². The van der Waals surface area contributed by atoms with E-state index in [9.17, 15) is 14.4 Å². The number of carbonyl (C=O) groups is 1. The van der Waals surface area contributed by atoms with Crippen LogP contribution in [0.3, 0.4) is 0 Å². The van der Waals surface area contributed by atoms with E-state index < -0.39 is 11.1 Å². The van der Waals surface area contributed by atoms with E-state index in [4.69, 9.17) is 11.6 Å². The Morgan fingerprint density at radius 2 is 1.75 bits per heavy atom. The molecular formula is C20H21ClN4O3. The maximum Gasteiger partial charge on any atom is 0.273 e. The highest BCUT2D eigenvalue weighted by Gasteiger charge is 2.18. The Kier molecular flexibility index (Phi) is 5.96. The third-order valence-corrected chi connectivity index (χ3v) is 4.91. The summed E-state index contributed by atoms with van der Waals surface area (Å²) in [7, 11) is 3.79. The number of amides is 1. The van der Waals surface area contributed by atoms with Crippen LogP contribution in [0.4, 0.5) is 0 Å². The second kappa shape index (κ2) is 8.41. The van der Waals surface area contributed by atoms with E-state index in [2.05, 4.69) is 10.4 Å². The van der Waals surface area contributed by atoms with Crippen LogP contribution in [0.25, 0.3) is 10.8 Å². The molecule has 1 heterocycles. The summed E-state index contributed by atoms with van der Waals surface area (Å²) in [6, 6.07) is 13.8. The molecule has 2 N–H and O–H groups in total. The van der Waals surface area contributed by atoms with Gasteiger partial charge in [0.1, 0.15) is 6.54 Å². The first-order chi connectivity index (χ1) is 13.4. The molecule has 3 rings (SSSR count). The molecule has 146 valence electrons. The van der Waals surface area contributed by atoms with E-state index in [1.54, 1.807) is 30.3 Å². The standard InChI is InChI=1S/C20H21ClN4O3/c1-24(2)17(15-9-5-6-10-16(15)21)11-22-18(26)12-25-20(28)14-8-4-3-7-13(14)19(27)23-25/h3-10,17H,11-12H2,1-2H3,(H,22,26)(H,23,27)/t17-/m1/s1. The second-order valence-corrected chi connectivity index (χ2v) is 7.09. The summed E-state index contributed by atoms with van der Waals surface area (Å²) in [6.07, 6.45) is 0. The molecule has 0 fully saturated rings. The molecule has 0 spiro atoms. The molecule has 0 saturated carbocycles. The third-order valence-electron chi connectivity index (χ3n) is 4.57. The number of hydrogen-bond acceptors (Lipinski definition) is 4. The largest absolute Gasteiger partial charge is 0.353 e. The van der Waals surface area contributed by atoms with Crippen LogP contribution in [-0.4, -0.2) is 41.2 Å². The van der Waals surface area contributed by atoms with Crippen molar-refractivity contribution in [1.29, 1.82) is 0 Å². The number of hydrogen-bond donors (Lipinski definition) is 2. The van der Waals surface area contributed by atoms with Gasteiger partial charge in [-0.3, -0.25) is 19.5 Å². The molecule has 0 aliphatic heterocycles. The molecule has 7 nitrogen and oxygen atoms in total. The van der Waals surface area contributed by atoms with E-state index in [0.717, 1.165) is 10.2 Å². The molecule has 2 aromatic carbocycles. The van der Waals surface area contributed by atoms with Crippen LogP contribution in [0.1, 0.15) is 11.6 Å². The number of rotatable bonds is 6. The summed E-state index contributed by atoms with van der Waals surface area (Å²) in [6.45, 7) is 0.0315. The third kappa shape index (κ3) is 4.16. The maximum absolute atomic E-state index is 12.5. The van der Waals surface area contributed by atoms with Crippen LogP contribution in [-0.2, 0) is 11.3 Å². The maximum atomic E-state index is 12.5. The molecule has 0 radical (unpaired) electrons. The number of benzene rings is 2. The number of carbonyl (C=O) groups excluding carboxylic acids is 1. The minimum absolute atomic E-state index is 0.134. The van der Waals surface area contributed by atoms with Crippen LogP contribution in [0.15, 0.2) is 58.1 Å². The molecule has 0 aliphatic carbocycles. The smallest absolute Gasteiger partial charge is 0.273 e.